The van der Waals surface area contributed by atoms with Crippen LogP contribution in [0.3, 0.4) is 0 Å². The Morgan fingerprint density at radius 2 is 0.650 bits per heavy atom. The van der Waals surface area contributed by atoms with E-state index in [0.29, 0.717) is 62.6 Å². The van der Waals surface area contributed by atoms with Crippen LogP contribution in [0.2, 0.25) is 0 Å². The summed E-state index contributed by atoms with van der Waals surface area (Å²) in [6.07, 6.45) is 1.90. The molecule has 0 fully saturated rings. The van der Waals surface area contributed by atoms with E-state index in [-0.39, 0.29) is 48.0 Å². The monoisotopic (exact) mass is 1340 g/mol. The molecule has 0 aromatic heterocycles. The van der Waals surface area contributed by atoms with Crippen LogP contribution in [-0.2, 0) is 47.9 Å². The van der Waals surface area contributed by atoms with Crippen molar-refractivity contribution in [3.63, 3.8) is 0 Å². The maximum absolute atomic E-state index is 13.3. The minimum absolute atomic E-state index is 0.0555. The molecule has 0 radical (unpaired) electrons. The lowest BCUT2D eigenvalue weighted by molar-refractivity contribution is -0.149. The van der Waals surface area contributed by atoms with Crippen molar-refractivity contribution in [2.45, 2.75) is 100 Å². The second-order valence-electron chi connectivity index (χ2n) is 23.8. The second kappa shape index (κ2) is 33.4. The fraction of sp³-hybridized carbons (Fsp3) is 0.211. The molecule has 0 spiro atoms. The molecule has 100 heavy (non-hydrogen) atoms. The van der Waals surface area contributed by atoms with Gasteiger partial charge in [-0.1, -0.05) is 143 Å². The summed E-state index contributed by atoms with van der Waals surface area (Å²) in [7, 11) is 0. The first-order valence-corrected chi connectivity index (χ1v) is 31.3. The maximum Gasteiger partial charge on any atom is 0.290 e. The van der Waals surface area contributed by atoms with Gasteiger partial charge in [0.2, 0.25) is 5.91 Å². The number of benzene rings is 6. The average Bonchev–Trinajstić information content (AvgIpc) is 0.760. The van der Waals surface area contributed by atoms with Gasteiger partial charge in [0.05, 0.1) is 48.4 Å². The van der Waals surface area contributed by atoms with Crippen LogP contribution in [0.15, 0.2) is 227 Å². The fourth-order valence-corrected chi connectivity index (χ4v) is 10.5. The first-order chi connectivity index (χ1) is 47.8. The highest BCUT2D eigenvalue weighted by Crippen LogP contribution is 2.33. The molecule has 0 saturated carbocycles. The Labute approximate surface area is 577 Å². The number of hydrazine groups is 4. The first kappa shape index (κ1) is 74.1. The summed E-state index contributed by atoms with van der Waals surface area (Å²) in [4.78, 5) is 152. The van der Waals surface area contributed by atoms with Gasteiger partial charge in [0, 0.05) is 23.5 Å². The number of hydrogen-bond donors (Lipinski definition) is 0. The Morgan fingerprint density at radius 3 is 0.940 bits per heavy atom. The molecule has 12 amide bonds. The van der Waals surface area contributed by atoms with E-state index in [4.69, 9.17) is 5.26 Å². The summed E-state index contributed by atoms with van der Waals surface area (Å²) < 4.78 is 0. The Bertz CT molecular complexity index is 4540. The third kappa shape index (κ3) is 16.7. The van der Waals surface area contributed by atoms with E-state index in [9.17, 15) is 73.3 Å². The standard InChI is InChI=1S/C23H21N3O3.C20H15N3O3.C18H19N3O3.C15H13N3O3/c1-2-3-10-18-15-21(27)26(23(29)20(18)16-24)25(19-13-8-5-9-14-19)22(28)17-11-6-4-7-12-17;1-14-12-18(24)23(20(26)17(14)13-21)22(16-10-6-3-7-11-16)19(25)15-8-4-2-5-9-15;1-12-10-15(22)21(16(23)14(12)11-19)20(17(24)18(2,3)4)13-8-6-5-7-9-13;1-10-8-14(20)18(15(21)13(10)9-16)17(11(2)19)12-6-4-3-5-7-12/h4-9,11-14H,2-3,10,15H2,1H3;2-11H,12H2,1H3;5-9H,10H2,1-4H3;3-7H,8H2,1-2H3. The molecule has 0 aliphatic carbocycles. The van der Waals surface area contributed by atoms with Gasteiger partial charge in [-0.3, -0.25) is 57.5 Å². The van der Waals surface area contributed by atoms with Crippen LogP contribution in [0.1, 0.15) is 121 Å². The van der Waals surface area contributed by atoms with Gasteiger partial charge in [0.1, 0.15) is 46.6 Å². The molecule has 0 N–H and O–H groups in total. The Hall–Kier alpha value is -13.3. The molecule has 10 rings (SSSR count). The minimum atomic E-state index is -0.820. The van der Waals surface area contributed by atoms with Crippen LogP contribution in [0, 0.1) is 50.7 Å². The van der Waals surface area contributed by atoms with Gasteiger partial charge in [-0.05, 0) is 129 Å². The number of nitriles is 4. The SMILES string of the molecule is CC(=O)N(c1ccccc1)N1C(=O)CC(C)=C(C#N)C1=O.CC1=C(C#N)C(=O)N(N(C(=O)C(C)(C)C)c2ccccc2)C(=O)C1.CC1=C(C#N)C(=O)N(N(C(=O)c2ccccc2)c2ccccc2)C(=O)C1.CCCCC1=C(C#N)C(=O)N(N(C(=O)c2ccccc2)c2ccccc2)C(=O)C1. The predicted molar refractivity (Wildman–Crippen MR) is 365 cm³/mol. The summed E-state index contributed by atoms with van der Waals surface area (Å²) in [5, 5.41) is 44.4. The Balaban J connectivity index is 0.000000188. The van der Waals surface area contributed by atoms with Crippen LogP contribution < -0.4 is 20.0 Å². The number of para-hydroxylation sites is 4. The van der Waals surface area contributed by atoms with Crippen LogP contribution in [0.25, 0.3) is 0 Å². The van der Waals surface area contributed by atoms with E-state index < -0.39 is 76.3 Å². The summed E-state index contributed by atoms with van der Waals surface area (Å²) >= 11 is 0. The van der Waals surface area contributed by atoms with Gasteiger partial charge < -0.3 is 0 Å². The lowest BCUT2D eigenvalue weighted by Crippen LogP contribution is -2.57. The summed E-state index contributed by atoms with van der Waals surface area (Å²) in [6.45, 7) is 13.1. The second-order valence-corrected chi connectivity index (χ2v) is 23.8. The number of hydrogen-bond acceptors (Lipinski definition) is 16. The molecule has 0 saturated heterocycles. The normalized spacial score (nSPS) is 14.6. The number of nitrogens with zero attached hydrogens (tertiary/aromatic N) is 12. The summed E-state index contributed by atoms with van der Waals surface area (Å²) in [5.74, 6) is -7.19. The van der Waals surface area contributed by atoms with Crippen molar-refractivity contribution in [2.24, 2.45) is 5.41 Å². The zero-order valence-electron chi connectivity index (χ0n) is 56.0. The van der Waals surface area contributed by atoms with Gasteiger partial charge in [0.25, 0.3) is 65.0 Å². The number of rotatable bonds is 13. The van der Waals surface area contributed by atoms with Crippen LogP contribution in [-0.4, -0.2) is 90.9 Å². The molecule has 6 aromatic rings. The third-order valence-corrected chi connectivity index (χ3v) is 15.5. The molecule has 4 heterocycles. The number of anilines is 4. The molecule has 0 atom stereocenters. The van der Waals surface area contributed by atoms with Gasteiger partial charge >= 0.3 is 0 Å². The average molecular weight is 1340 g/mol. The maximum atomic E-state index is 13.3. The highest BCUT2D eigenvalue weighted by Gasteiger charge is 2.44. The molecule has 4 aliphatic heterocycles. The van der Waals surface area contributed by atoms with Crippen molar-refractivity contribution in [3.05, 3.63) is 238 Å². The number of unbranched alkanes of at least 4 members (excludes halogenated alkanes) is 1. The highest BCUT2D eigenvalue weighted by atomic mass is 16.2. The lowest BCUT2D eigenvalue weighted by atomic mass is 9.94. The topological polar surface area (TPSA) is 326 Å². The van der Waals surface area contributed by atoms with Crippen molar-refractivity contribution >= 4 is 93.6 Å². The minimum Gasteiger partial charge on any atom is -0.273 e. The van der Waals surface area contributed by atoms with Crippen molar-refractivity contribution in [3.8, 4) is 24.3 Å². The lowest BCUT2D eigenvalue weighted by Gasteiger charge is -2.38. The fourth-order valence-electron chi connectivity index (χ4n) is 10.5. The molecule has 0 unspecified atom stereocenters. The molecule has 24 heteroatoms. The van der Waals surface area contributed by atoms with E-state index in [0.717, 1.165) is 52.9 Å². The van der Waals surface area contributed by atoms with Gasteiger partial charge in [-0.25, -0.2) is 20.0 Å². The number of carbonyl (C=O) groups is 12. The number of amides is 12. The predicted octanol–water partition coefficient (Wildman–Crippen LogP) is 11.0. The van der Waals surface area contributed by atoms with E-state index in [1.807, 2.05) is 25.1 Å². The summed E-state index contributed by atoms with van der Waals surface area (Å²) in [6, 6.07) is 57.9. The molecule has 4 aliphatic rings. The van der Waals surface area contributed by atoms with Crippen LogP contribution in [0.4, 0.5) is 22.7 Å². The number of imide groups is 4. The Morgan fingerprint density at radius 1 is 0.390 bits per heavy atom. The van der Waals surface area contributed by atoms with Gasteiger partial charge in [-0.15, -0.1) is 0 Å². The van der Waals surface area contributed by atoms with E-state index in [1.165, 1.54) is 6.92 Å². The zero-order chi connectivity index (χ0) is 73.1. The number of carbonyl (C=O) groups excluding carboxylic acids is 12. The Kier molecular flexibility index (Phi) is 24.7. The van der Waals surface area contributed by atoms with Gasteiger partial charge in [-0.2, -0.15) is 41.1 Å². The van der Waals surface area contributed by atoms with E-state index >= 15 is 0 Å². The molecule has 6 aromatic carbocycles. The molecule has 504 valence electrons. The molecular weight excluding hydrogens is 1270 g/mol. The quantitative estimate of drug-likeness (QED) is 0.0970. The van der Waals surface area contributed by atoms with Gasteiger partial charge in [0.15, 0.2) is 0 Å². The third-order valence-electron chi connectivity index (χ3n) is 15.5. The van der Waals surface area contributed by atoms with Crippen LogP contribution in [0.5, 0.6) is 0 Å². The molecular formula is C76H68N12O12. The highest BCUT2D eigenvalue weighted by molar-refractivity contribution is 6.20. The summed E-state index contributed by atoms with van der Waals surface area (Å²) in [5.41, 5.74) is 2.76. The van der Waals surface area contributed by atoms with E-state index in [2.05, 4.69) is 0 Å². The molecule has 24 nitrogen and oxygen atoms in total. The first-order valence-electron chi connectivity index (χ1n) is 31.3. The smallest absolute Gasteiger partial charge is 0.273 e. The van der Waals surface area contributed by atoms with Crippen LogP contribution >= 0.6 is 0 Å². The van der Waals surface area contributed by atoms with E-state index in [1.54, 1.807) is 230 Å². The largest absolute Gasteiger partial charge is 0.290 e. The van der Waals surface area contributed by atoms with Crippen molar-refractivity contribution < 1.29 is 57.5 Å². The molecule has 0 bridgehead atoms. The zero-order valence-corrected chi connectivity index (χ0v) is 56.0. The van der Waals surface area contributed by atoms with Crippen molar-refractivity contribution in [1.82, 2.24) is 20.0 Å². The van der Waals surface area contributed by atoms with Crippen molar-refractivity contribution in [2.75, 3.05) is 20.0 Å². The van der Waals surface area contributed by atoms with Crippen molar-refractivity contribution in [1.29, 1.82) is 21.0 Å².